The standard InChI is InChI=1S/C20H25FN4O2/c1-10-17(24-5-4-11(8-24)6-13-7-15(13)22)14(21)9-25-18(10)16(12-2-3-12)19(26)23-20(25)27/h9,11-13,15H,2-8,22H2,1H3,(H,23,26,27). The smallest absolute Gasteiger partial charge is 0.333 e. The van der Waals surface area contributed by atoms with Crippen molar-refractivity contribution in [2.24, 2.45) is 17.6 Å². The molecule has 144 valence electrons. The van der Waals surface area contributed by atoms with Crippen LogP contribution in [0.5, 0.6) is 0 Å². The van der Waals surface area contributed by atoms with E-state index in [-0.39, 0.29) is 11.5 Å². The maximum atomic E-state index is 15.0. The number of nitrogens with one attached hydrogen (secondary N) is 1. The van der Waals surface area contributed by atoms with Crippen LogP contribution in [-0.2, 0) is 0 Å². The van der Waals surface area contributed by atoms with Crippen molar-refractivity contribution >= 4 is 11.2 Å². The normalized spacial score (nSPS) is 27.5. The molecule has 6 nitrogen and oxygen atoms in total. The molecule has 3 fully saturated rings. The maximum absolute atomic E-state index is 15.0. The number of rotatable bonds is 4. The van der Waals surface area contributed by atoms with Crippen LogP contribution in [0.15, 0.2) is 15.8 Å². The Morgan fingerprint density at radius 2 is 2.04 bits per heavy atom. The minimum absolute atomic E-state index is 0.170. The molecule has 3 heterocycles. The van der Waals surface area contributed by atoms with E-state index in [1.807, 2.05) is 6.92 Å². The van der Waals surface area contributed by atoms with Crippen LogP contribution in [0, 0.1) is 24.6 Å². The summed E-state index contributed by atoms with van der Waals surface area (Å²) < 4.78 is 16.3. The molecule has 2 saturated carbocycles. The van der Waals surface area contributed by atoms with Gasteiger partial charge in [0.25, 0.3) is 5.56 Å². The molecule has 0 amide bonds. The van der Waals surface area contributed by atoms with Gasteiger partial charge in [-0.05, 0) is 56.8 Å². The second-order valence-corrected chi connectivity index (χ2v) is 8.61. The Hall–Kier alpha value is -2.15. The topological polar surface area (TPSA) is 83.6 Å². The fourth-order valence-electron chi connectivity index (χ4n) is 4.87. The number of nitrogens with two attached hydrogens (primary N) is 1. The van der Waals surface area contributed by atoms with E-state index in [1.165, 1.54) is 10.6 Å². The molecule has 5 rings (SSSR count). The van der Waals surface area contributed by atoms with E-state index in [9.17, 15) is 9.59 Å². The van der Waals surface area contributed by atoms with Crippen LogP contribution < -0.4 is 21.9 Å². The number of H-pyrrole nitrogens is 1. The second-order valence-electron chi connectivity index (χ2n) is 8.61. The molecule has 1 aliphatic heterocycles. The third-order valence-electron chi connectivity index (χ3n) is 6.56. The van der Waals surface area contributed by atoms with Gasteiger partial charge in [0.05, 0.1) is 17.4 Å². The van der Waals surface area contributed by atoms with Gasteiger partial charge in [-0.2, -0.15) is 0 Å². The second kappa shape index (κ2) is 5.92. The Bertz CT molecular complexity index is 1040. The van der Waals surface area contributed by atoms with Gasteiger partial charge in [-0.25, -0.2) is 9.18 Å². The van der Waals surface area contributed by atoms with Crippen molar-refractivity contribution in [3.8, 4) is 0 Å². The predicted molar refractivity (Wildman–Crippen MR) is 102 cm³/mol. The van der Waals surface area contributed by atoms with Gasteiger partial charge >= 0.3 is 5.69 Å². The lowest BCUT2D eigenvalue weighted by molar-refractivity contribution is 0.492. The van der Waals surface area contributed by atoms with Gasteiger partial charge in [0.2, 0.25) is 0 Å². The molecule has 2 aromatic rings. The van der Waals surface area contributed by atoms with Crippen LogP contribution in [0.25, 0.3) is 5.52 Å². The monoisotopic (exact) mass is 372 g/mol. The van der Waals surface area contributed by atoms with E-state index in [4.69, 9.17) is 5.73 Å². The van der Waals surface area contributed by atoms with Crippen molar-refractivity contribution in [2.75, 3.05) is 18.0 Å². The van der Waals surface area contributed by atoms with E-state index >= 15 is 4.39 Å². The first-order chi connectivity index (χ1) is 12.9. The van der Waals surface area contributed by atoms with Crippen molar-refractivity contribution in [3.63, 3.8) is 0 Å². The summed E-state index contributed by atoms with van der Waals surface area (Å²) in [5.74, 6) is 0.919. The summed E-state index contributed by atoms with van der Waals surface area (Å²) in [5, 5.41) is 0. The number of nitrogens with zero attached hydrogens (tertiary/aromatic N) is 2. The lowest BCUT2D eigenvalue weighted by Crippen LogP contribution is -2.31. The fraction of sp³-hybridized carbons (Fsp3) is 0.600. The van der Waals surface area contributed by atoms with Gasteiger partial charge in [0.1, 0.15) is 0 Å². The van der Waals surface area contributed by atoms with Crippen LogP contribution in [0.3, 0.4) is 0 Å². The van der Waals surface area contributed by atoms with E-state index in [0.717, 1.165) is 45.2 Å². The first kappa shape index (κ1) is 17.0. The Morgan fingerprint density at radius 1 is 1.30 bits per heavy atom. The molecule has 3 aliphatic rings. The Morgan fingerprint density at radius 3 is 2.70 bits per heavy atom. The number of pyridine rings is 1. The molecule has 0 aromatic carbocycles. The largest absolute Gasteiger partial charge is 0.369 e. The third-order valence-corrected chi connectivity index (χ3v) is 6.56. The molecule has 0 spiro atoms. The van der Waals surface area contributed by atoms with Gasteiger partial charge in [-0.3, -0.25) is 14.2 Å². The van der Waals surface area contributed by atoms with Gasteiger partial charge in [0.15, 0.2) is 5.82 Å². The van der Waals surface area contributed by atoms with E-state index < -0.39 is 11.5 Å². The fourth-order valence-corrected chi connectivity index (χ4v) is 4.87. The van der Waals surface area contributed by atoms with E-state index in [1.54, 1.807) is 0 Å². The van der Waals surface area contributed by atoms with Crippen LogP contribution in [0.2, 0.25) is 0 Å². The molecule has 0 bridgehead atoms. The van der Waals surface area contributed by atoms with Crippen molar-refractivity contribution < 1.29 is 4.39 Å². The van der Waals surface area contributed by atoms with Gasteiger partial charge in [-0.15, -0.1) is 0 Å². The molecular formula is C20H25FN4O2. The number of halogens is 1. The highest BCUT2D eigenvalue weighted by molar-refractivity contribution is 5.72. The Labute approximate surface area is 156 Å². The van der Waals surface area contributed by atoms with Crippen molar-refractivity contribution in [1.29, 1.82) is 0 Å². The lowest BCUT2D eigenvalue weighted by Gasteiger charge is -2.23. The highest BCUT2D eigenvalue weighted by Crippen LogP contribution is 2.43. The molecule has 2 aliphatic carbocycles. The quantitative estimate of drug-likeness (QED) is 0.858. The van der Waals surface area contributed by atoms with Crippen LogP contribution in [0.1, 0.15) is 49.1 Å². The minimum Gasteiger partial charge on any atom is -0.369 e. The highest BCUT2D eigenvalue weighted by atomic mass is 19.1. The maximum Gasteiger partial charge on any atom is 0.333 e. The van der Waals surface area contributed by atoms with Crippen molar-refractivity contribution in [3.05, 3.63) is 44.0 Å². The molecule has 3 atom stereocenters. The number of aromatic amines is 1. The zero-order chi connectivity index (χ0) is 18.9. The van der Waals surface area contributed by atoms with E-state index in [0.29, 0.717) is 40.2 Å². The SMILES string of the molecule is Cc1c(N2CCC(CC3CC3N)C2)c(F)cn2c(=O)[nH]c(=O)c(C3CC3)c12. The minimum atomic E-state index is -0.574. The summed E-state index contributed by atoms with van der Waals surface area (Å²) in [7, 11) is 0. The van der Waals surface area contributed by atoms with Gasteiger partial charge in [-0.1, -0.05) is 0 Å². The number of anilines is 1. The molecule has 3 unspecified atom stereocenters. The highest BCUT2D eigenvalue weighted by Gasteiger charge is 2.38. The summed E-state index contributed by atoms with van der Waals surface area (Å²) in [4.78, 5) is 29.1. The molecular weight excluding hydrogens is 347 g/mol. The number of aromatic nitrogens is 2. The summed E-state index contributed by atoms with van der Waals surface area (Å²) in [5.41, 5.74) is 7.51. The van der Waals surface area contributed by atoms with Gasteiger partial charge < -0.3 is 10.6 Å². The summed E-state index contributed by atoms with van der Waals surface area (Å²) in [6, 6.07) is 0.345. The summed E-state index contributed by atoms with van der Waals surface area (Å²) in [6.45, 7) is 3.44. The first-order valence-electron chi connectivity index (χ1n) is 9.92. The molecule has 1 saturated heterocycles. The van der Waals surface area contributed by atoms with Crippen molar-refractivity contribution in [1.82, 2.24) is 9.38 Å². The zero-order valence-electron chi connectivity index (χ0n) is 15.5. The predicted octanol–water partition coefficient (Wildman–Crippen LogP) is 1.88. The number of hydrogen-bond donors (Lipinski definition) is 2. The third kappa shape index (κ3) is 2.79. The lowest BCUT2D eigenvalue weighted by atomic mass is 10.0. The van der Waals surface area contributed by atoms with E-state index in [2.05, 4.69) is 9.88 Å². The number of hydrogen-bond acceptors (Lipinski definition) is 4. The summed E-state index contributed by atoms with van der Waals surface area (Å²) >= 11 is 0. The molecule has 2 aromatic heterocycles. The first-order valence-corrected chi connectivity index (χ1v) is 9.92. The summed E-state index contributed by atoms with van der Waals surface area (Å²) in [6.07, 6.45) is 6.37. The Kier molecular flexibility index (Phi) is 3.73. The molecule has 0 radical (unpaired) electrons. The molecule has 27 heavy (non-hydrogen) atoms. The van der Waals surface area contributed by atoms with Crippen molar-refractivity contribution in [2.45, 2.75) is 51.0 Å². The Balaban J connectivity index is 1.58. The average molecular weight is 372 g/mol. The van der Waals surface area contributed by atoms with Gasteiger partial charge in [0, 0.05) is 30.3 Å². The zero-order valence-corrected chi connectivity index (χ0v) is 15.5. The molecule has 3 N–H and O–H groups in total. The van der Waals surface area contributed by atoms with Crippen LogP contribution in [-0.4, -0.2) is 28.5 Å². The molecule has 7 heteroatoms. The number of fused-ring (bicyclic) bond motifs is 1. The number of aryl methyl sites for hydroxylation is 1. The van der Waals surface area contributed by atoms with Crippen LogP contribution in [0.4, 0.5) is 10.1 Å². The van der Waals surface area contributed by atoms with Crippen LogP contribution >= 0.6 is 0 Å². The average Bonchev–Trinajstić information content (AvgIpc) is 3.51.